The van der Waals surface area contributed by atoms with E-state index >= 15 is 0 Å². The molecule has 1 atom stereocenters. The Balaban J connectivity index is 2.29. The quantitative estimate of drug-likeness (QED) is 0.862. The van der Waals surface area contributed by atoms with Gasteiger partial charge in [-0.05, 0) is 24.3 Å². The predicted octanol–water partition coefficient (Wildman–Crippen LogP) is 3.08. The SMILES string of the molecule is C[C@H](Cc1cc2cc(Cl)ccc2[nH]1)C(=O)O. The molecule has 0 unspecified atom stereocenters. The van der Waals surface area contributed by atoms with Crippen LogP contribution in [0.4, 0.5) is 0 Å². The van der Waals surface area contributed by atoms with Crippen LogP contribution in [0.5, 0.6) is 0 Å². The number of benzene rings is 1. The molecule has 1 aromatic heterocycles. The summed E-state index contributed by atoms with van der Waals surface area (Å²) in [7, 11) is 0. The van der Waals surface area contributed by atoms with E-state index in [9.17, 15) is 4.79 Å². The van der Waals surface area contributed by atoms with Gasteiger partial charge in [-0.15, -0.1) is 0 Å². The van der Waals surface area contributed by atoms with Gasteiger partial charge in [0.25, 0.3) is 0 Å². The minimum absolute atomic E-state index is 0.386. The van der Waals surface area contributed by atoms with Crippen LogP contribution in [0.2, 0.25) is 5.02 Å². The number of aromatic amines is 1. The van der Waals surface area contributed by atoms with E-state index in [2.05, 4.69) is 4.98 Å². The number of H-pyrrole nitrogens is 1. The third kappa shape index (κ3) is 2.19. The van der Waals surface area contributed by atoms with Crippen LogP contribution in [0.3, 0.4) is 0 Å². The average Bonchev–Trinajstić information content (AvgIpc) is 2.58. The summed E-state index contributed by atoms with van der Waals surface area (Å²) >= 11 is 5.88. The average molecular weight is 238 g/mol. The van der Waals surface area contributed by atoms with Gasteiger partial charge in [0.05, 0.1) is 5.92 Å². The highest BCUT2D eigenvalue weighted by atomic mass is 35.5. The van der Waals surface area contributed by atoms with Crippen molar-refractivity contribution in [2.75, 3.05) is 0 Å². The number of halogens is 1. The van der Waals surface area contributed by atoms with Crippen molar-refractivity contribution in [3.63, 3.8) is 0 Å². The zero-order chi connectivity index (χ0) is 11.7. The summed E-state index contributed by atoms with van der Waals surface area (Å²) in [5.41, 5.74) is 1.91. The van der Waals surface area contributed by atoms with Gasteiger partial charge in [-0.2, -0.15) is 0 Å². The van der Waals surface area contributed by atoms with Crippen LogP contribution in [0.15, 0.2) is 24.3 Å². The third-order valence-corrected chi connectivity index (χ3v) is 2.82. The van der Waals surface area contributed by atoms with Crippen LogP contribution < -0.4 is 0 Å². The summed E-state index contributed by atoms with van der Waals surface area (Å²) < 4.78 is 0. The van der Waals surface area contributed by atoms with Crippen molar-refractivity contribution in [3.05, 3.63) is 35.0 Å². The highest BCUT2D eigenvalue weighted by molar-refractivity contribution is 6.31. The van der Waals surface area contributed by atoms with Gasteiger partial charge >= 0.3 is 5.97 Å². The van der Waals surface area contributed by atoms with Crippen molar-refractivity contribution in [1.82, 2.24) is 4.98 Å². The van der Waals surface area contributed by atoms with Crippen LogP contribution in [0.1, 0.15) is 12.6 Å². The summed E-state index contributed by atoms with van der Waals surface area (Å²) in [4.78, 5) is 13.9. The van der Waals surface area contributed by atoms with Gasteiger partial charge in [0, 0.05) is 28.0 Å². The molecule has 0 fully saturated rings. The molecule has 2 rings (SSSR count). The van der Waals surface area contributed by atoms with Crippen molar-refractivity contribution < 1.29 is 9.90 Å². The standard InChI is InChI=1S/C12H12ClNO2/c1-7(12(15)16)4-10-6-8-5-9(13)2-3-11(8)14-10/h2-3,5-7,14H,4H2,1H3,(H,15,16)/t7-/m1/s1. The fourth-order valence-corrected chi connectivity index (χ4v) is 1.87. The van der Waals surface area contributed by atoms with E-state index in [0.29, 0.717) is 11.4 Å². The number of carboxylic acid groups (broad SMARTS) is 1. The Kier molecular flexibility index (Phi) is 2.88. The maximum atomic E-state index is 10.7. The summed E-state index contributed by atoms with van der Waals surface area (Å²) in [5, 5.41) is 10.5. The van der Waals surface area contributed by atoms with Gasteiger partial charge in [0.1, 0.15) is 0 Å². The lowest BCUT2D eigenvalue weighted by molar-refractivity contribution is -0.141. The molecule has 1 aromatic carbocycles. The molecule has 1 heterocycles. The molecule has 2 N–H and O–H groups in total. The molecule has 3 nitrogen and oxygen atoms in total. The Morgan fingerprint density at radius 3 is 2.94 bits per heavy atom. The first-order valence-electron chi connectivity index (χ1n) is 5.06. The second kappa shape index (κ2) is 4.18. The van der Waals surface area contributed by atoms with E-state index in [1.54, 1.807) is 6.92 Å². The fourth-order valence-electron chi connectivity index (χ4n) is 1.69. The largest absolute Gasteiger partial charge is 0.481 e. The molecule has 0 bridgehead atoms. The minimum Gasteiger partial charge on any atom is -0.481 e. The molecule has 16 heavy (non-hydrogen) atoms. The molecule has 0 aliphatic carbocycles. The lowest BCUT2D eigenvalue weighted by Crippen LogP contribution is -2.12. The second-order valence-electron chi connectivity index (χ2n) is 3.97. The van der Waals surface area contributed by atoms with E-state index < -0.39 is 5.97 Å². The Labute approximate surface area is 98.0 Å². The second-order valence-corrected chi connectivity index (χ2v) is 4.41. The van der Waals surface area contributed by atoms with Crippen LogP contribution in [-0.4, -0.2) is 16.1 Å². The highest BCUT2D eigenvalue weighted by Gasteiger charge is 2.13. The first-order valence-corrected chi connectivity index (χ1v) is 5.44. The van der Waals surface area contributed by atoms with Gasteiger partial charge in [-0.25, -0.2) is 0 Å². The number of nitrogens with one attached hydrogen (secondary N) is 1. The smallest absolute Gasteiger partial charge is 0.306 e. The van der Waals surface area contributed by atoms with Crippen molar-refractivity contribution in [3.8, 4) is 0 Å². The van der Waals surface area contributed by atoms with Crippen molar-refractivity contribution >= 4 is 28.5 Å². The molecule has 0 amide bonds. The van der Waals surface area contributed by atoms with Gasteiger partial charge in [0.2, 0.25) is 0 Å². The highest BCUT2D eigenvalue weighted by Crippen LogP contribution is 2.21. The van der Waals surface area contributed by atoms with Gasteiger partial charge < -0.3 is 10.1 Å². The van der Waals surface area contributed by atoms with E-state index in [1.807, 2.05) is 24.3 Å². The molecule has 0 radical (unpaired) electrons. The Morgan fingerprint density at radius 1 is 1.50 bits per heavy atom. The molecular formula is C12H12ClNO2. The van der Waals surface area contributed by atoms with E-state index in [4.69, 9.17) is 16.7 Å². The Morgan fingerprint density at radius 2 is 2.25 bits per heavy atom. The van der Waals surface area contributed by atoms with Crippen molar-refractivity contribution in [1.29, 1.82) is 0 Å². The minimum atomic E-state index is -0.781. The lowest BCUT2D eigenvalue weighted by Gasteiger charge is -2.02. The summed E-state index contributed by atoms with van der Waals surface area (Å²) in [6.45, 7) is 1.70. The van der Waals surface area contributed by atoms with Crippen molar-refractivity contribution in [2.24, 2.45) is 5.92 Å². The van der Waals surface area contributed by atoms with E-state index in [0.717, 1.165) is 16.6 Å². The number of hydrogen-bond acceptors (Lipinski definition) is 1. The molecule has 4 heteroatoms. The normalized spacial score (nSPS) is 12.9. The third-order valence-electron chi connectivity index (χ3n) is 2.59. The lowest BCUT2D eigenvalue weighted by atomic mass is 10.1. The van der Waals surface area contributed by atoms with Crippen LogP contribution in [0, 0.1) is 5.92 Å². The molecule has 0 aliphatic rings. The topological polar surface area (TPSA) is 53.1 Å². The number of carbonyl (C=O) groups is 1. The molecule has 0 spiro atoms. The number of aliphatic carboxylic acids is 1. The molecular weight excluding hydrogens is 226 g/mol. The molecule has 0 aliphatic heterocycles. The maximum absolute atomic E-state index is 10.7. The molecule has 0 saturated heterocycles. The van der Waals surface area contributed by atoms with E-state index in [-0.39, 0.29) is 5.92 Å². The summed E-state index contributed by atoms with van der Waals surface area (Å²) in [6.07, 6.45) is 0.502. The van der Waals surface area contributed by atoms with Gasteiger partial charge in [-0.1, -0.05) is 18.5 Å². The number of hydrogen-bond donors (Lipinski definition) is 2. The van der Waals surface area contributed by atoms with E-state index in [1.165, 1.54) is 0 Å². The fraction of sp³-hybridized carbons (Fsp3) is 0.250. The summed E-state index contributed by atoms with van der Waals surface area (Å²) in [5.74, 6) is -1.17. The molecule has 2 aromatic rings. The molecule has 0 saturated carbocycles. The number of aromatic nitrogens is 1. The van der Waals surface area contributed by atoms with Gasteiger partial charge in [0.15, 0.2) is 0 Å². The van der Waals surface area contributed by atoms with Crippen molar-refractivity contribution in [2.45, 2.75) is 13.3 Å². The summed E-state index contributed by atoms with van der Waals surface area (Å²) in [6, 6.07) is 7.51. The Hall–Kier alpha value is -1.48. The number of fused-ring (bicyclic) bond motifs is 1. The first-order chi connectivity index (χ1) is 7.56. The monoisotopic (exact) mass is 237 g/mol. The first kappa shape index (κ1) is 11.0. The predicted molar refractivity (Wildman–Crippen MR) is 63.8 cm³/mol. The van der Waals surface area contributed by atoms with Crippen LogP contribution in [0.25, 0.3) is 10.9 Å². The zero-order valence-corrected chi connectivity index (χ0v) is 9.58. The van der Waals surface area contributed by atoms with Crippen LogP contribution in [-0.2, 0) is 11.2 Å². The Bertz CT molecular complexity index is 533. The van der Waals surface area contributed by atoms with Gasteiger partial charge in [-0.3, -0.25) is 4.79 Å². The number of carboxylic acids is 1. The molecule has 84 valence electrons. The van der Waals surface area contributed by atoms with Crippen LogP contribution >= 0.6 is 11.6 Å². The zero-order valence-electron chi connectivity index (χ0n) is 8.83. The maximum Gasteiger partial charge on any atom is 0.306 e. The number of rotatable bonds is 3.